The first kappa shape index (κ1) is 6.74. The molecule has 0 aliphatic rings. The van der Waals surface area contributed by atoms with Crippen LogP contribution in [0, 0.1) is 6.92 Å². The SMILES string of the molecule is C=CC(=O)c1cnoc1C. The quantitative estimate of drug-likeness (QED) is 0.456. The Labute approximate surface area is 58.3 Å². The number of allylic oxidation sites excluding steroid dienone is 1. The van der Waals surface area contributed by atoms with Crippen LogP contribution in [-0.2, 0) is 0 Å². The molecule has 0 unspecified atom stereocenters. The fourth-order valence-corrected chi connectivity index (χ4v) is 0.645. The van der Waals surface area contributed by atoms with Crippen molar-refractivity contribution in [2.75, 3.05) is 0 Å². The minimum atomic E-state index is -0.154. The van der Waals surface area contributed by atoms with Crippen molar-refractivity contribution in [1.29, 1.82) is 0 Å². The van der Waals surface area contributed by atoms with E-state index in [0.717, 1.165) is 0 Å². The Morgan fingerprint density at radius 2 is 2.60 bits per heavy atom. The van der Waals surface area contributed by atoms with Gasteiger partial charge in [-0.05, 0) is 13.0 Å². The predicted molar refractivity (Wildman–Crippen MR) is 35.8 cm³/mol. The molecule has 1 aromatic rings. The van der Waals surface area contributed by atoms with Gasteiger partial charge in [0.15, 0.2) is 5.78 Å². The van der Waals surface area contributed by atoms with Crippen LogP contribution in [0.4, 0.5) is 0 Å². The van der Waals surface area contributed by atoms with Crippen molar-refractivity contribution in [2.24, 2.45) is 0 Å². The number of ketones is 1. The summed E-state index contributed by atoms with van der Waals surface area (Å²) >= 11 is 0. The smallest absolute Gasteiger partial charge is 0.190 e. The van der Waals surface area contributed by atoms with Gasteiger partial charge in [-0.1, -0.05) is 11.7 Å². The summed E-state index contributed by atoms with van der Waals surface area (Å²) in [6.45, 7) is 5.02. The van der Waals surface area contributed by atoms with E-state index in [4.69, 9.17) is 0 Å². The number of nitrogens with zero attached hydrogens (tertiary/aromatic N) is 1. The van der Waals surface area contributed by atoms with Gasteiger partial charge in [-0.3, -0.25) is 4.79 Å². The van der Waals surface area contributed by atoms with Crippen molar-refractivity contribution in [3.63, 3.8) is 0 Å². The van der Waals surface area contributed by atoms with E-state index >= 15 is 0 Å². The van der Waals surface area contributed by atoms with Crippen LogP contribution in [-0.4, -0.2) is 10.9 Å². The van der Waals surface area contributed by atoms with E-state index < -0.39 is 0 Å². The second-order valence-corrected chi connectivity index (χ2v) is 1.86. The van der Waals surface area contributed by atoms with E-state index in [-0.39, 0.29) is 5.78 Å². The molecule has 52 valence electrons. The second-order valence-electron chi connectivity index (χ2n) is 1.86. The van der Waals surface area contributed by atoms with Crippen molar-refractivity contribution in [1.82, 2.24) is 5.16 Å². The average Bonchev–Trinajstić information content (AvgIpc) is 2.34. The summed E-state index contributed by atoms with van der Waals surface area (Å²) in [5.74, 6) is 0.378. The molecule has 0 saturated heterocycles. The molecule has 0 spiro atoms. The monoisotopic (exact) mass is 137 g/mol. The lowest BCUT2D eigenvalue weighted by molar-refractivity contribution is 0.104. The van der Waals surface area contributed by atoms with Gasteiger partial charge in [0.1, 0.15) is 5.76 Å². The molecule has 0 bridgehead atoms. The molecule has 1 rings (SSSR count). The highest BCUT2D eigenvalue weighted by Crippen LogP contribution is 2.06. The Bertz CT molecular complexity index is 262. The van der Waals surface area contributed by atoms with Crippen molar-refractivity contribution in [2.45, 2.75) is 6.92 Å². The molecule has 0 amide bonds. The molecule has 0 radical (unpaired) electrons. The van der Waals surface area contributed by atoms with Crippen LogP contribution in [0.5, 0.6) is 0 Å². The van der Waals surface area contributed by atoms with Crippen molar-refractivity contribution < 1.29 is 9.32 Å². The van der Waals surface area contributed by atoms with Crippen molar-refractivity contribution in [3.8, 4) is 0 Å². The third-order valence-electron chi connectivity index (χ3n) is 1.20. The molecule has 0 aromatic carbocycles. The molecule has 10 heavy (non-hydrogen) atoms. The van der Waals surface area contributed by atoms with Gasteiger partial charge in [0.25, 0.3) is 0 Å². The van der Waals surface area contributed by atoms with Gasteiger partial charge in [-0.2, -0.15) is 0 Å². The summed E-state index contributed by atoms with van der Waals surface area (Å²) in [6.07, 6.45) is 2.62. The third-order valence-corrected chi connectivity index (χ3v) is 1.20. The molecule has 3 nitrogen and oxygen atoms in total. The number of rotatable bonds is 2. The number of hydrogen-bond acceptors (Lipinski definition) is 3. The Morgan fingerprint density at radius 1 is 1.90 bits per heavy atom. The maximum atomic E-state index is 10.9. The van der Waals surface area contributed by atoms with Gasteiger partial charge in [-0.15, -0.1) is 0 Å². The molecule has 0 atom stereocenters. The largest absolute Gasteiger partial charge is 0.361 e. The molecular formula is C7H7NO2. The van der Waals surface area contributed by atoms with Gasteiger partial charge in [0, 0.05) is 0 Å². The molecule has 0 aliphatic carbocycles. The summed E-state index contributed by atoms with van der Waals surface area (Å²) in [6, 6.07) is 0. The van der Waals surface area contributed by atoms with Gasteiger partial charge < -0.3 is 4.52 Å². The number of aryl methyl sites for hydroxylation is 1. The molecule has 0 N–H and O–H groups in total. The number of carbonyl (C=O) groups is 1. The molecule has 3 heteroatoms. The third kappa shape index (κ3) is 0.978. The lowest BCUT2D eigenvalue weighted by atomic mass is 10.2. The molecule has 0 aliphatic heterocycles. The molecular weight excluding hydrogens is 130 g/mol. The summed E-state index contributed by atoms with van der Waals surface area (Å²) in [5, 5.41) is 3.45. The normalized spacial score (nSPS) is 9.30. The maximum Gasteiger partial charge on any atom is 0.190 e. The van der Waals surface area contributed by atoms with E-state index in [1.165, 1.54) is 12.3 Å². The Balaban J connectivity index is 3.04. The van der Waals surface area contributed by atoms with Crippen LogP contribution in [0.3, 0.4) is 0 Å². The maximum absolute atomic E-state index is 10.9. The minimum absolute atomic E-state index is 0.154. The van der Waals surface area contributed by atoms with E-state index in [1.54, 1.807) is 6.92 Å². The minimum Gasteiger partial charge on any atom is -0.361 e. The zero-order chi connectivity index (χ0) is 7.56. The van der Waals surface area contributed by atoms with Gasteiger partial charge in [0.05, 0.1) is 11.8 Å². The number of carbonyl (C=O) groups excluding carboxylic acids is 1. The summed E-state index contributed by atoms with van der Waals surface area (Å²) < 4.78 is 4.67. The van der Waals surface area contributed by atoms with E-state index in [0.29, 0.717) is 11.3 Å². The first-order chi connectivity index (χ1) is 4.75. The van der Waals surface area contributed by atoms with Crippen LogP contribution in [0.2, 0.25) is 0 Å². The van der Waals surface area contributed by atoms with E-state index in [2.05, 4.69) is 16.3 Å². The van der Waals surface area contributed by atoms with Crippen LogP contribution in [0.15, 0.2) is 23.4 Å². The summed E-state index contributed by atoms with van der Waals surface area (Å²) in [7, 11) is 0. The molecule has 0 saturated carbocycles. The molecule has 0 fully saturated rings. The van der Waals surface area contributed by atoms with Crippen LogP contribution >= 0.6 is 0 Å². The van der Waals surface area contributed by atoms with Crippen LogP contribution in [0.25, 0.3) is 0 Å². The highest BCUT2D eigenvalue weighted by Gasteiger charge is 2.07. The first-order valence-electron chi connectivity index (χ1n) is 2.83. The predicted octanol–water partition coefficient (Wildman–Crippen LogP) is 1.35. The zero-order valence-electron chi connectivity index (χ0n) is 5.63. The highest BCUT2D eigenvalue weighted by atomic mass is 16.5. The van der Waals surface area contributed by atoms with Gasteiger partial charge in [-0.25, -0.2) is 0 Å². The average molecular weight is 137 g/mol. The van der Waals surface area contributed by atoms with Gasteiger partial charge >= 0.3 is 0 Å². The Kier molecular flexibility index (Phi) is 1.67. The fraction of sp³-hybridized carbons (Fsp3) is 0.143. The lowest BCUT2D eigenvalue weighted by Gasteiger charge is -1.85. The first-order valence-corrected chi connectivity index (χ1v) is 2.83. The Hall–Kier alpha value is -1.38. The van der Waals surface area contributed by atoms with E-state index in [1.807, 2.05) is 0 Å². The summed E-state index contributed by atoms with van der Waals surface area (Å²) in [4.78, 5) is 10.9. The zero-order valence-corrected chi connectivity index (χ0v) is 5.63. The Morgan fingerprint density at radius 3 is 3.00 bits per heavy atom. The highest BCUT2D eigenvalue weighted by molar-refractivity contribution is 6.04. The molecule has 1 aromatic heterocycles. The topological polar surface area (TPSA) is 43.1 Å². The standard InChI is InChI=1S/C7H7NO2/c1-3-7(9)6-4-8-10-5(6)2/h3-4H,1H2,2H3. The fourth-order valence-electron chi connectivity index (χ4n) is 0.645. The van der Waals surface area contributed by atoms with Crippen molar-refractivity contribution in [3.05, 3.63) is 30.2 Å². The lowest BCUT2D eigenvalue weighted by Crippen LogP contribution is -1.92. The van der Waals surface area contributed by atoms with Crippen LogP contribution < -0.4 is 0 Å². The number of hydrogen-bond donors (Lipinski definition) is 0. The van der Waals surface area contributed by atoms with Crippen molar-refractivity contribution >= 4 is 5.78 Å². The molecule has 1 heterocycles. The second kappa shape index (κ2) is 2.47. The number of aromatic nitrogens is 1. The van der Waals surface area contributed by atoms with E-state index in [9.17, 15) is 4.79 Å². The van der Waals surface area contributed by atoms with Crippen LogP contribution in [0.1, 0.15) is 16.1 Å². The summed E-state index contributed by atoms with van der Waals surface area (Å²) in [5.41, 5.74) is 0.481. The van der Waals surface area contributed by atoms with Gasteiger partial charge in [0.2, 0.25) is 0 Å².